The van der Waals surface area contributed by atoms with Crippen LogP contribution in [0.2, 0.25) is 0 Å². The van der Waals surface area contributed by atoms with Gasteiger partial charge in [0.1, 0.15) is 0 Å². The van der Waals surface area contributed by atoms with E-state index in [2.05, 4.69) is 0 Å². The molecule has 6 heteroatoms. The predicted molar refractivity (Wildman–Crippen MR) is 94.4 cm³/mol. The van der Waals surface area contributed by atoms with E-state index in [1.165, 1.54) is 4.90 Å². The number of hydrogen-bond acceptors (Lipinski definition) is 5. The van der Waals surface area contributed by atoms with E-state index >= 15 is 0 Å². The van der Waals surface area contributed by atoms with Crippen LogP contribution >= 0.6 is 0 Å². The van der Waals surface area contributed by atoms with E-state index in [0.29, 0.717) is 35.8 Å². The van der Waals surface area contributed by atoms with E-state index < -0.39 is 0 Å². The Morgan fingerprint density at radius 1 is 1.04 bits per heavy atom. The SMILES string of the molecule is N#CCCCOC(=O)CCCN1C(=O)c2cccc3cccc(c23)C1=O. The molecule has 0 bridgehead atoms. The molecule has 1 aliphatic heterocycles. The zero-order valence-corrected chi connectivity index (χ0v) is 14.2. The maximum absolute atomic E-state index is 12.7. The quantitative estimate of drug-likeness (QED) is 0.435. The highest BCUT2D eigenvalue weighted by Crippen LogP contribution is 2.30. The van der Waals surface area contributed by atoms with E-state index in [1.54, 1.807) is 24.3 Å². The first-order valence-corrected chi connectivity index (χ1v) is 8.54. The third-order valence-electron chi connectivity index (χ3n) is 4.31. The second kappa shape index (κ2) is 7.79. The standard InChI is InChI=1S/C20H18N2O4/c21-11-1-2-13-26-17(23)10-5-12-22-19(24)15-8-3-6-14-7-4-9-16(18(14)15)20(22)25/h3-4,6-9H,1-2,5,10,12-13H2. The topological polar surface area (TPSA) is 87.5 Å². The molecule has 1 heterocycles. The number of esters is 1. The van der Waals surface area contributed by atoms with Crippen molar-refractivity contribution in [1.82, 2.24) is 4.90 Å². The Morgan fingerprint density at radius 3 is 2.31 bits per heavy atom. The van der Waals surface area contributed by atoms with Crippen LogP contribution < -0.4 is 0 Å². The van der Waals surface area contributed by atoms with Gasteiger partial charge < -0.3 is 4.74 Å². The number of nitrogens with zero attached hydrogens (tertiary/aromatic N) is 2. The van der Waals surface area contributed by atoms with Crippen LogP contribution in [0.3, 0.4) is 0 Å². The minimum atomic E-state index is -0.387. The minimum Gasteiger partial charge on any atom is -0.466 e. The predicted octanol–water partition coefficient (Wildman–Crippen LogP) is 3.06. The van der Waals surface area contributed by atoms with Gasteiger partial charge in [0, 0.05) is 35.9 Å². The molecule has 6 nitrogen and oxygen atoms in total. The van der Waals surface area contributed by atoms with Crippen LogP contribution in [0.1, 0.15) is 46.4 Å². The molecular weight excluding hydrogens is 332 g/mol. The van der Waals surface area contributed by atoms with Gasteiger partial charge in [0.05, 0.1) is 12.7 Å². The molecule has 0 unspecified atom stereocenters. The molecule has 26 heavy (non-hydrogen) atoms. The van der Waals surface area contributed by atoms with Crippen LogP contribution in [0.15, 0.2) is 36.4 Å². The third kappa shape index (κ3) is 3.42. The third-order valence-corrected chi connectivity index (χ3v) is 4.31. The summed E-state index contributed by atoms with van der Waals surface area (Å²) in [7, 11) is 0. The largest absolute Gasteiger partial charge is 0.466 e. The van der Waals surface area contributed by atoms with Gasteiger partial charge in [-0.25, -0.2) is 0 Å². The van der Waals surface area contributed by atoms with Crippen molar-refractivity contribution >= 4 is 28.6 Å². The number of amides is 2. The molecule has 0 N–H and O–H groups in total. The van der Waals surface area contributed by atoms with Gasteiger partial charge in [-0.05, 0) is 30.4 Å². The normalized spacial score (nSPS) is 13.0. The molecule has 0 saturated carbocycles. The molecule has 1 aliphatic rings. The second-order valence-electron chi connectivity index (χ2n) is 6.06. The molecule has 3 rings (SSSR count). The van der Waals surface area contributed by atoms with E-state index in [4.69, 9.17) is 10.00 Å². The van der Waals surface area contributed by atoms with Crippen molar-refractivity contribution in [2.24, 2.45) is 0 Å². The minimum absolute atomic E-state index is 0.120. The van der Waals surface area contributed by atoms with Crippen LogP contribution in [0, 0.1) is 11.3 Å². The first-order chi connectivity index (χ1) is 12.6. The van der Waals surface area contributed by atoms with Gasteiger partial charge in [-0.2, -0.15) is 5.26 Å². The van der Waals surface area contributed by atoms with Crippen LogP contribution in [-0.2, 0) is 9.53 Å². The zero-order valence-electron chi connectivity index (χ0n) is 14.2. The van der Waals surface area contributed by atoms with Gasteiger partial charge in [0.25, 0.3) is 11.8 Å². The fourth-order valence-electron chi connectivity index (χ4n) is 3.07. The van der Waals surface area contributed by atoms with Crippen molar-refractivity contribution < 1.29 is 19.1 Å². The smallest absolute Gasteiger partial charge is 0.305 e. The van der Waals surface area contributed by atoms with Crippen LogP contribution in [0.4, 0.5) is 0 Å². The fraction of sp³-hybridized carbons (Fsp3) is 0.300. The van der Waals surface area contributed by atoms with E-state index in [0.717, 1.165) is 5.39 Å². The molecular formula is C20H18N2O4. The van der Waals surface area contributed by atoms with Gasteiger partial charge >= 0.3 is 5.97 Å². The summed E-state index contributed by atoms with van der Waals surface area (Å²) in [5.41, 5.74) is 1.02. The Morgan fingerprint density at radius 2 is 1.69 bits per heavy atom. The first kappa shape index (κ1) is 17.6. The van der Waals surface area contributed by atoms with Crippen molar-refractivity contribution in [3.05, 3.63) is 47.5 Å². The van der Waals surface area contributed by atoms with Crippen LogP contribution in [0.5, 0.6) is 0 Å². The zero-order chi connectivity index (χ0) is 18.5. The number of unbranched alkanes of at least 4 members (excludes halogenated alkanes) is 1. The number of benzene rings is 2. The van der Waals surface area contributed by atoms with Crippen molar-refractivity contribution in [2.45, 2.75) is 25.7 Å². The summed E-state index contributed by atoms with van der Waals surface area (Å²) in [6, 6.07) is 12.8. The van der Waals surface area contributed by atoms with Crippen molar-refractivity contribution in [2.75, 3.05) is 13.2 Å². The number of nitriles is 1. The summed E-state index contributed by atoms with van der Waals surface area (Å²) in [4.78, 5) is 38.2. The Bertz CT molecular complexity index is 863. The summed E-state index contributed by atoms with van der Waals surface area (Å²) in [5.74, 6) is -1.05. The number of carbonyl (C=O) groups excluding carboxylic acids is 3. The molecule has 0 aromatic heterocycles. The molecule has 132 valence electrons. The van der Waals surface area contributed by atoms with Crippen molar-refractivity contribution in [3.8, 4) is 6.07 Å². The molecule has 0 spiro atoms. The fourth-order valence-corrected chi connectivity index (χ4v) is 3.07. The molecule has 0 fully saturated rings. The summed E-state index contributed by atoms with van der Waals surface area (Å²) in [5, 5.41) is 9.99. The molecule has 2 aromatic carbocycles. The number of carbonyl (C=O) groups is 3. The lowest BCUT2D eigenvalue weighted by molar-refractivity contribution is -0.143. The van der Waals surface area contributed by atoms with E-state index in [-0.39, 0.29) is 37.4 Å². The molecule has 2 aromatic rings. The molecule has 0 radical (unpaired) electrons. The average molecular weight is 350 g/mol. The molecule has 2 amide bonds. The monoisotopic (exact) mass is 350 g/mol. The van der Waals surface area contributed by atoms with Gasteiger partial charge in [-0.1, -0.05) is 24.3 Å². The average Bonchev–Trinajstić information content (AvgIpc) is 2.66. The van der Waals surface area contributed by atoms with Crippen molar-refractivity contribution in [1.29, 1.82) is 5.26 Å². The van der Waals surface area contributed by atoms with Gasteiger partial charge in [0.2, 0.25) is 0 Å². The summed E-state index contributed by atoms with van der Waals surface area (Å²) in [6.45, 7) is 0.374. The first-order valence-electron chi connectivity index (χ1n) is 8.54. The van der Waals surface area contributed by atoms with Crippen LogP contribution in [-0.4, -0.2) is 35.8 Å². The van der Waals surface area contributed by atoms with Gasteiger partial charge in [0.15, 0.2) is 0 Å². The van der Waals surface area contributed by atoms with Gasteiger partial charge in [-0.15, -0.1) is 0 Å². The summed E-state index contributed by atoms with van der Waals surface area (Å²) >= 11 is 0. The van der Waals surface area contributed by atoms with Crippen molar-refractivity contribution in [3.63, 3.8) is 0 Å². The summed E-state index contributed by atoms with van der Waals surface area (Å²) < 4.78 is 5.01. The molecule has 0 aliphatic carbocycles. The lowest BCUT2D eigenvalue weighted by atomic mass is 9.94. The number of imide groups is 1. The second-order valence-corrected chi connectivity index (χ2v) is 6.06. The lowest BCUT2D eigenvalue weighted by Gasteiger charge is -2.27. The highest BCUT2D eigenvalue weighted by Gasteiger charge is 2.32. The number of hydrogen-bond donors (Lipinski definition) is 0. The number of rotatable bonds is 7. The highest BCUT2D eigenvalue weighted by molar-refractivity contribution is 6.25. The van der Waals surface area contributed by atoms with E-state index in [9.17, 15) is 14.4 Å². The highest BCUT2D eigenvalue weighted by atomic mass is 16.5. The molecule has 0 atom stereocenters. The van der Waals surface area contributed by atoms with Crippen LogP contribution in [0.25, 0.3) is 10.8 Å². The summed E-state index contributed by atoms with van der Waals surface area (Å²) in [6.07, 6.45) is 1.31. The molecule has 0 saturated heterocycles. The Balaban J connectivity index is 1.64. The number of ether oxygens (including phenoxy) is 1. The van der Waals surface area contributed by atoms with E-state index in [1.807, 2.05) is 18.2 Å². The maximum atomic E-state index is 12.7. The lowest BCUT2D eigenvalue weighted by Crippen LogP contribution is -2.41. The maximum Gasteiger partial charge on any atom is 0.305 e. The Labute approximate surface area is 151 Å². The Kier molecular flexibility index (Phi) is 5.28. The van der Waals surface area contributed by atoms with Gasteiger partial charge in [-0.3, -0.25) is 19.3 Å². The Hall–Kier alpha value is -3.20.